The first kappa shape index (κ1) is 17.2. The molecular formula is C19H12F3O2S2+. The van der Waals surface area contributed by atoms with Gasteiger partial charge in [0.2, 0.25) is 0 Å². The van der Waals surface area contributed by atoms with Crippen LogP contribution in [0.2, 0.25) is 0 Å². The molecule has 4 rings (SSSR count). The van der Waals surface area contributed by atoms with Gasteiger partial charge in [-0.3, -0.25) is 0 Å². The highest BCUT2D eigenvalue weighted by Gasteiger charge is 2.41. The number of rotatable bonds is 2. The van der Waals surface area contributed by atoms with Crippen molar-refractivity contribution in [3.8, 4) is 5.75 Å². The molecule has 0 unspecified atom stereocenters. The number of alkyl halides is 3. The minimum absolute atomic E-state index is 0.257. The van der Waals surface area contributed by atoms with Crippen molar-refractivity contribution in [2.45, 2.75) is 30.8 Å². The summed E-state index contributed by atoms with van der Waals surface area (Å²) in [5.41, 5.74) is 0. The van der Waals surface area contributed by atoms with Gasteiger partial charge in [0, 0.05) is 0 Å². The Balaban J connectivity index is 1.82. The van der Waals surface area contributed by atoms with E-state index in [-0.39, 0.29) is 5.75 Å². The molecule has 1 heterocycles. The van der Waals surface area contributed by atoms with Gasteiger partial charge in [-0.2, -0.15) is 0 Å². The van der Waals surface area contributed by atoms with Crippen LogP contribution in [-0.4, -0.2) is 10.6 Å². The van der Waals surface area contributed by atoms with Crippen molar-refractivity contribution in [3.63, 3.8) is 0 Å². The second kappa shape index (κ2) is 6.48. The summed E-state index contributed by atoms with van der Waals surface area (Å²) in [6.45, 7) is 0. The highest BCUT2D eigenvalue weighted by molar-refractivity contribution is 7.99. The Morgan fingerprint density at radius 3 is 1.77 bits per heavy atom. The van der Waals surface area contributed by atoms with E-state index in [0.29, 0.717) is 0 Å². The third-order valence-electron chi connectivity index (χ3n) is 3.83. The molecule has 0 spiro atoms. The van der Waals surface area contributed by atoms with Crippen LogP contribution in [0.5, 0.6) is 5.75 Å². The van der Waals surface area contributed by atoms with Crippen LogP contribution in [-0.2, 0) is 21.7 Å². The summed E-state index contributed by atoms with van der Waals surface area (Å²) >= 11 is 0. The first-order chi connectivity index (χ1) is 12.4. The van der Waals surface area contributed by atoms with Gasteiger partial charge in [-0.05, 0) is 48.5 Å². The lowest BCUT2D eigenvalue weighted by atomic mass is 10.3. The fraction of sp³-hybridized carbons (Fsp3) is 0.0526. The Morgan fingerprint density at radius 1 is 0.769 bits per heavy atom. The summed E-state index contributed by atoms with van der Waals surface area (Å²) in [6.07, 6.45) is -4.72. The Morgan fingerprint density at radius 2 is 1.27 bits per heavy atom. The highest BCUT2D eigenvalue weighted by Crippen LogP contribution is 2.43. The van der Waals surface area contributed by atoms with E-state index >= 15 is 0 Å². The molecule has 0 saturated heterocycles. The molecule has 7 heteroatoms. The lowest BCUT2D eigenvalue weighted by Crippen LogP contribution is -2.18. The quantitative estimate of drug-likeness (QED) is 0.440. The zero-order valence-electron chi connectivity index (χ0n) is 13.2. The molecule has 0 aromatic heterocycles. The van der Waals surface area contributed by atoms with Gasteiger partial charge >= 0.3 is 6.36 Å². The Labute approximate surface area is 153 Å². The molecule has 3 aromatic carbocycles. The van der Waals surface area contributed by atoms with Gasteiger partial charge in [-0.1, -0.05) is 24.3 Å². The highest BCUT2D eigenvalue weighted by atomic mass is 32.2. The number of fused-ring (bicyclic) bond motifs is 2. The summed E-state index contributed by atoms with van der Waals surface area (Å²) < 4.78 is 54.0. The molecule has 1 aliphatic heterocycles. The van der Waals surface area contributed by atoms with Gasteiger partial charge < -0.3 is 4.74 Å². The second-order valence-electron chi connectivity index (χ2n) is 5.49. The molecule has 0 aliphatic carbocycles. The van der Waals surface area contributed by atoms with Crippen LogP contribution < -0.4 is 4.74 Å². The van der Waals surface area contributed by atoms with Crippen molar-refractivity contribution < 1.29 is 22.1 Å². The van der Waals surface area contributed by atoms with Gasteiger partial charge in [0.05, 0.1) is 20.6 Å². The summed E-state index contributed by atoms with van der Waals surface area (Å²) in [5.74, 6) is -0.257. The minimum Gasteiger partial charge on any atom is -0.406 e. The summed E-state index contributed by atoms with van der Waals surface area (Å²) in [7, 11) is -1.81. The van der Waals surface area contributed by atoms with Crippen molar-refractivity contribution in [1.82, 2.24) is 0 Å². The third-order valence-corrected chi connectivity index (χ3v) is 7.94. The van der Waals surface area contributed by atoms with Crippen LogP contribution in [0.3, 0.4) is 0 Å². The number of halogens is 3. The van der Waals surface area contributed by atoms with E-state index in [0.717, 1.165) is 24.5 Å². The maximum absolute atomic E-state index is 12.9. The standard InChI is InChI=1S/C19H12F3O2S2/c20-19(21,22)24-13-9-11-14(12-10-13)25-15-5-1-3-7-17(15)26(23)18-8-4-2-6-16(18)25/h1-12H/q+1. The van der Waals surface area contributed by atoms with Crippen LogP contribution in [0.25, 0.3) is 0 Å². The topological polar surface area (TPSA) is 26.3 Å². The molecule has 0 N–H and O–H groups in total. The summed E-state index contributed by atoms with van der Waals surface area (Å²) in [6, 6.07) is 20.8. The van der Waals surface area contributed by atoms with Gasteiger partial charge in [0.15, 0.2) is 14.7 Å². The fourth-order valence-corrected chi connectivity index (χ4v) is 7.03. The lowest BCUT2D eigenvalue weighted by molar-refractivity contribution is -0.274. The zero-order valence-corrected chi connectivity index (χ0v) is 14.8. The van der Waals surface area contributed by atoms with Crippen LogP contribution >= 0.6 is 0 Å². The van der Waals surface area contributed by atoms with Crippen molar-refractivity contribution in [2.75, 3.05) is 0 Å². The van der Waals surface area contributed by atoms with E-state index in [9.17, 15) is 17.4 Å². The van der Waals surface area contributed by atoms with Gasteiger partial charge in [-0.25, -0.2) is 4.21 Å². The average molecular weight is 393 g/mol. The van der Waals surface area contributed by atoms with Crippen LogP contribution in [0.4, 0.5) is 13.2 Å². The average Bonchev–Trinajstić information content (AvgIpc) is 2.62. The molecule has 26 heavy (non-hydrogen) atoms. The predicted octanol–water partition coefficient (Wildman–Crippen LogP) is 5.16. The van der Waals surface area contributed by atoms with E-state index < -0.39 is 28.1 Å². The summed E-state index contributed by atoms with van der Waals surface area (Å²) in [5, 5.41) is 0. The van der Waals surface area contributed by atoms with Crippen LogP contribution in [0, 0.1) is 0 Å². The normalized spacial score (nSPS) is 18.7. The van der Waals surface area contributed by atoms with E-state index in [1.807, 2.05) is 48.5 Å². The fourth-order valence-electron chi connectivity index (χ4n) is 2.81. The Hall–Kier alpha value is -2.25. The van der Waals surface area contributed by atoms with Gasteiger partial charge in [-0.15, -0.1) is 13.2 Å². The second-order valence-corrected chi connectivity index (χ2v) is 8.87. The molecule has 0 radical (unpaired) electrons. The van der Waals surface area contributed by atoms with E-state index in [2.05, 4.69) is 4.74 Å². The van der Waals surface area contributed by atoms with Crippen molar-refractivity contribution in [2.24, 2.45) is 0 Å². The third kappa shape index (κ3) is 3.12. The lowest BCUT2D eigenvalue weighted by Gasteiger charge is -2.19. The van der Waals surface area contributed by atoms with Crippen LogP contribution in [0.1, 0.15) is 0 Å². The molecule has 3 aromatic rings. The monoisotopic (exact) mass is 393 g/mol. The molecule has 1 aliphatic rings. The van der Waals surface area contributed by atoms with E-state index in [1.165, 1.54) is 12.1 Å². The van der Waals surface area contributed by atoms with Gasteiger partial charge in [0.1, 0.15) is 16.6 Å². The maximum atomic E-state index is 12.9. The van der Waals surface area contributed by atoms with Crippen molar-refractivity contribution in [1.29, 1.82) is 0 Å². The first-order valence-corrected chi connectivity index (χ1v) is 10.0. The number of hydrogen-bond acceptors (Lipinski definition) is 2. The largest absolute Gasteiger partial charge is 0.573 e. The predicted molar refractivity (Wildman–Crippen MR) is 92.8 cm³/mol. The maximum Gasteiger partial charge on any atom is 0.573 e. The smallest absolute Gasteiger partial charge is 0.406 e. The van der Waals surface area contributed by atoms with Gasteiger partial charge in [0.25, 0.3) is 0 Å². The first-order valence-electron chi connectivity index (χ1n) is 7.64. The number of benzene rings is 3. The van der Waals surface area contributed by atoms with E-state index in [1.54, 1.807) is 12.1 Å². The number of ether oxygens (including phenoxy) is 1. The van der Waals surface area contributed by atoms with Crippen molar-refractivity contribution >= 4 is 21.7 Å². The molecule has 132 valence electrons. The molecule has 0 amide bonds. The Bertz CT molecular complexity index is 935. The molecule has 2 nitrogen and oxygen atoms in total. The number of hydrogen-bond donors (Lipinski definition) is 0. The molecule has 0 saturated carbocycles. The Kier molecular flexibility index (Phi) is 4.28. The molecule has 0 bridgehead atoms. The molecule has 0 atom stereocenters. The minimum atomic E-state index is -4.72. The molecule has 0 fully saturated rings. The van der Waals surface area contributed by atoms with E-state index in [4.69, 9.17) is 0 Å². The van der Waals surface area contributed by atoms with Crippen LogP contribution in [0.15, 0.2) is 97.3 Å². The SMILES string of the molecule is O=S1c2ccccc2[S+](c2ccc(OC(F)(F)F)cc2)c2ccccc21. The molecular weight excluding hydrogens is 381 g/mol. The van der Waals surface area contributed by atoms with Crippen molar-refractivity contribution in [3.05, 3.63) is 72.8 Å². The summed E-state index contributed by atoms with van der Waals surface area (Å²) in [4.78, 5) is 4.18. The zero-order chi connectivity index (χ0) is 18.3.